The average Bonchev–Trinajstić information content (AvgIpc) is 3.19. The molecule has 0 aliphatic rings. The van der Waals surface area contributed by atoms with E-state index in [9.17, 15) is 4.79 Å². The van der Waals surface area contributed by atoms with Crippen LogP contribution in [0.25, 0.3) is 5.69 Å². The maximum atomic E-state index is 12.6. The van der Waals surface area contributed by atoms with Crippen molar-refractivity contribution in [2.45, 2.75) is 20.1 Å². The average molecular weight is 434 g/mol. The highest BCUT2D eigenvalue weighted by molar-refractivity contribution is 6.30. The molecule has 0 spiro atoms. The molecule has 0 saturated carbocycles. The van der Waals surface area contributed by atoms with Crippen molar-refractivity contribution in [3.8, 4) is 11.4 Å². The number of aryl methyl sites for hydroxylation is 1. The molecule has 2 aromatic heterocycles. The first kappa shape index (κ1) is 20.6. The lowest BCUT2D eigenvalue weighted by Gasteiger charge is -2.08. The molecule has 4 rings (SSSR count). The Morgan fingerprint density at radius 2 is 1.90 bits per heavy atom. The van der Waals surface area contributed by atoms with Gasteiger partial charge in [-0.1, -0.05) is 35.9 Å². The van der Waals surface area contributed by atoms with Crippen molar-refractivity contribution < 1.29 is 9.53 Å². The summed E-state index contributed by atoms with van der Waals surface area (Å²) in [6.07, 6.45) is 3.50. The molecule has 0 aliphatic heterocycles. The van der Waals surface area contributed by atoms with Crippen molar-refractivity contribution in [2.24, 2.45) is 0 Å². The predicted octanol–water partition coefficient (Wildman–Crippen LogP) is 4.13. The van der Waals surface area contributed by atoms with E-state index in [1.54, 1.807) is 37.5 Å². The van der Waals surface area contributed by atoms with Gasteiger partial charge in [-0.05, 0) is 48.9 Å². The van der Waals surface area contributed by atoms with Crippen LogP contribution in [0.4, 0.5) is 0 Å². The summed E-state index contributed by atoms with van der Waals surface area (Å²) < 4.78 is 5.75. The Bertz CT molecular complexity index is 1180. The fourth-order valence-electron chi connectivity index (χ4n) is 2.92. The number of carbonyl (C=O) groups is 1. The summed E-state index contributed by atoms with van der Waals surface area (Å²) in [6.45, 7) is 2.56. The van der Waals surface area contributed by atoms with E-state index in [2.05, 4.69) is 20.5 Å². The first-order chi connectivity index (χ1) is 15.1. The molecule has 1 amide bonds. The quantitative estimate of drug-likeness (QED) is 0.473. The lowest BCUT2D eigenvalue weighted by atomic mass is 10.2. The van der Waals surface area contributed by atoms with Crippen LogP contribution in [0.1, 0.15) is 27.3 Å². The van der Waals surface area contributed by atoms with Crippen molar-refractivity contribution in [1.82, 2.24) is 25.3 Å². The lowest BCUT2D eigenvalue weighted by molar-refractivity contribution is 0.0945. The number of nitrogens with one attached hydrogen (secondary N) is 1. The van der Waals surface area contributed by atoms with Gasteiger partial charge < -0.3 is 10.1 Å². The number of hydrogen-bond donors (Lipinski definition) is 1. The molecular formula is C23H20ClN5O2. The molecule has 0 atom stereocenters. The van der Waals surface area contributed by atoms with E-state index in [1.165, 1.54) is 4.80 Å². The van der Waals surface area contributed by atoms with E-state index < -0.39 is 0 Å². The van der Waals surface area contributed by atoms with Crippen LogP contribution < -0.4 is 10.1 Å². The Hall–Kier alpha value is -3.71. The molecule has 7 nitrogen and oxygen atoms in total. The van der Waals surface area contributed by atoms with Crippen molar-refractivity contribution in [3.63, 3.8) is 0 Å². The summed E-state index contributed by atoms with van der Waals surface area (Å²) >= 11 is 6.02. The number of amides is 1. The Morgan fingerprint density at radius 3 is 2.65 bits per heavy atom. The molecular weight excluding hydrogens is 414 g/mol. The zero-order valence-corrected chi connectivity index (χ0v) is 17.6. The van der Waals surface area contributed by atoms with Gasteiger partial charge in [-0.15, -0.1) is 5.10 Å². The molecule has 8 heteroatoms. The number of benzene rings is 2. The highest BCUT2D eigenvalue weighted by atomic mass is 35.5. The molecule has 0 bridgehead atoms. The Balaban J connectivity index is 1.34. The Morgan fingerprint density at radius 1 is 1.06 bits per heavy atom. The third-order valence-corrected chi connectivity index (χ3v) is 4.78. The van der Waals surface area contributed by atoms with Gasteiger partial charge in [-0.25, -0.2) is 0 Å². The summed E-state index contributed by atoms with van der Waals surface area (Å²) in [6, 6.07) is 18.5. The van der Waals surface area contributed by atoms with Gasteiger partial charge in [-0.2, -0.15) is 9.90 Å². The maximum absolute atomic E-state index is 12.6. The standard InChI is InChI=1S/C23H20ClN5O2/c1-16-22(28-29(27-16)20-6-2-5-19(24)12-20)23(30)26-14-17-7-9-21(10-8-17)31-15-18-4-3-11-25-13-18/h2-13H,14-15H2,1H3,(H,26,30). The van der Waals surface area contributed by atoms with Gasteiger partial charge in [-0.3, -0.25) is 9.78 Å². The predicted molar refractivity (Wildman–Crippen MR) is 117 cm³/mol. The molecule has 0 radical (unpaired) electrons. The fourth-order valence-corrected chi connectivity index (χ4v) is 3.11. The van der Waals surface area contributed by atoms with Crippen LogP contribution in [0.5, 0.6) is 5.75 Å². The second-order valence-corrected chi connectivity index (χ2v) is 7.32. The molecule has 0 aliphatic carbocycles. The number of hydrogen-bond acceptors (Lipinski definition) is 5. The van der Waals surface area contributed by atoms with Crippen LogP contribution in [0.2, 0.25) is 5.02 Å². The molecule has 1 N–H and O–H groups in total. The molecule has 31 heavy (non-hydrogen) atoms. The van der Waals surface area contributed by atoms with Gasteiger partial charge in [0.2, 0.25) is 0 Å². The molecule has 156 valence electrons. The van der Waals surface area contributed by atoms with E-state index in [4.69, 9.17) is 16.3 Å². The number of rotatable bonds is 7. The van der Waals surface area contributed by atoms with Crippen LogP contribution in [-0.2, 0) is 13.2 Å². The second-order valence-electron chi connectivity index (χ2n) is 6.88. The van der Waals surface area contributed by atoms with Gasteiger partial charge in [0.05, 0.1) is 11.4 Å². The van der Waals surface area contributed by atoms with Gasteiger partial charge in [0.1, 0.15) is 12.4 Å². The van der Waals surface area contributed by atoms with Crippen LogP contribution >= 0.6 is 11.6 Å². The molecule has 4 aromatic rings. The number of aromatic nitrogens is 4. The number of pyridine rings is 1. The first-order valence-electron chi connectivity index (χ1n) is 9.67. The van der Waals surface area contributed by atoms with Crippen molar-refractivity contribution >= 4 is 17.5 Å². The number of halogens is 1. The molecule has 0 fully saturated rings. The van der Waals surface area contributed by atoms with Crippen LogP contribution in [0.15, 0.2) is 73.1 Å². The SMILES string of the molecule is Cc1nn(-c2cccc(Cl)c2)nc1C(=O)NCc1ccc(OCc2cccnc2)cc1. The van der Waals surface area contributed by atoms with E-state index in [0.717, 1.165) is 16.9 Å². The van der Waals surface area contributed by atoms with Crippen molar-refractivity contribution in [2.75, 3.05) is 0 Å². The maximum Gasteiger partial charge on any atom is 0.274 e. The molecule has 2 heterocycles. The molecule has 0 saturated heterocycles. The monoisotopic (exact) mass is 433 g/mol. The summed E-state index contributed by atoms with van der Waals surface area (Å²) in [4.78, 5) is 18.1. The summed E-state index contributed by atoms with van der Waals surface area (Å²) in [5.74, 6) is 0.460. The summed E-state index contributed by atoms with van der Waals surface area (Å²) in [7, 11) is 0. The third-order valence-electron chi connectivity index (χ3n) is 4.54. The van der Waals surface area contributed by atoms with Crippen LogP contribution in [0, 0.1) is 6.92 Å². The van der Waals surface area contributed by atoms with Crippen molar-refractivity contribution in [1.29, 1.82) is 0 Å². The van der Waals surface area contributed by atoms with Gasteiger partial charge >= 0.3 is 0 Å². The van der Waals surface area contributed by atoms with E-state index in [1.807, 2.05) is 42.5 Å². The van der Waals surface area contributed by atoms with E-state index in [0.29, 0.717) is 29.6 Å². The van der Waals surface area contributed by atoms with Crippen LogP contribution in [0.3, 0.4) is 0 Å². The lowest BCUT2D eigenvalue weighted by Crippen LogP contribution is -2.24. The second kappa shape index (κ2) is 9.40. The highest BCUT2D eigenvalue weighted by Crippen LogP contribution is 2.16. The number of nitrogens with zero attached hydrogens (tertiary/aromatic N) is 4. The zero-order valence-electron chi connectivity index (χ0n) is 16.8. The van der Waals surface area contributed by atoms with Gasteiger partial charge in [0, 0.05) is 29.5 Å². The zero-order chi connectivity index (χ0) is 21.6. The number of ether oxygens (including phenoxy) is 1. The largest absolute Gasteiger partial charge is 0.489 e. The topological polar surface area (TPSA) is 81.9 Å². The summed E-state index contributed by atoms with van der Waals surface area (Å²) in [5.41, 5.74) is 3.45. The summed E-state index contributed by atoms with van der Waals surface area (Å²) in [5, 5.41) is 12.1. The third kappa shape index (κ3) is 5.26. The van der Waals surface area contributed by atoms with E-state index in [-0.39, 0.29) is 11.6 Å². The minimum atomic E-state index is -0.289. The van der Waals surface area contributed by atoms with Gasteiger partial charge in [0.15, 0.2) is 5.69 Å². The fraction of sp³-hybridized carbons (Fsp3) is 0.130. The molecule has 2 aromatic carbocycles. The smallest absolute Gasteiger partial charge is 0.274 e. The number of carbonyl (C=O) groups excluding carboxylic acids is 1. The Labute approximate surface area is 184 Å². The highest BCUT2D eigenvalue weighted by Gasteiger charge is 2.16. The Kier molecular flexibility index (Phi) is 6.24. The minimum absolute atomic E-state index is 0.274. The molecule has 0 unspecified atom stereocenters. The van der Waals surface area contributed by atoms with Crippen LogP contribution in [-0.4, -0.2) is 25.9 Å². The normalized spacial score (nSPS) is 10.6. The van der Waals surface area contributed by atoms with E-state index >= 15 is 0 Å². The first-order valence-corrected chi connectivity index (χ1v) is 10.0. The minimum Gasteiger partial charge on any atom is -0.489 e. The van der Waals surface area contributed by atoms with Gasteiger partial charge in [0.25, 0.3) is 5.91 Å². The van der Waals surface area contributed by atoms with Crippen molar-refractivity contribution in [3.05, 3.63) is 101 Å².